The number of amides is 1. The van der Waals surface area contributed by atoms with Crippen LogP contribution in [0.3, 0.4) is 0 Å². The second kappa shape index (κ2) is 5.40. The highest BCUT2D eigenvalue weighted by molar-refractivity contribution is 7.89. The Morgan fingerprint density at radius 2 is 1.79 bits per heavy atom. The number of nitrogens with two attached hydrogens (primary N) is 1. The highest BCUT2D eigenvalue weighted by atomic mass is 32.2. The zero-order valence-corrected chi connectivity index (χ0v) is 12.5. The average Bonchev–Trinajstić information content (AvgIpc) is 2.71. The molecule has 1 aliphatic carbocycles. The lowest BCUT2D eigenvalue weighted by Gasteiger charge is -2.36. The van der Waals surface area contributed by atoms with E-state index in [1.165, 1.54) is 0 Å². The number of primary sulfonamides is 1. The van der Waals surface area contributed by atoms with E-state index in [1.54, 1.807) is 4.90 Å². The van der Waals surface area contributed by atoms with Crippen molar-refractivity contribution >= 4 is 15.9 Å². The molecule has 1 amide bonds. The lowest BCUT2D eigenvalue weighted by molar-refractivity contribution is -0.130. The Hall–Kier alpha value is -0.620. The number of rotatable bonds is 3. The first-order valence-electron chi connectivity index (χ1n) is 7.10. The fraction of sp³-hybridized carbons (Fsp3) is 0.923. The largest absolute Gasteiger partial charge is 0.338 e. The van der Waals surface area contributed by atoms with Crippen LogP contribution in [0, 0.1) is 11.8 Å². The van der Waals surface area contributed by atoms with Crippen LogP contribution in [0.5, 0.6) is 0 Å². The summed E-state index contributed by atoms with van der Waals surface area (Å²) in [6.07, 6.45) is 4.30. The van der Waals surface area contributed by atoms with Gasteiger partial charge >= 0.3 is 0 Å². The number of carbonyl (C=O) groups excluding carboxylic acids is 1. The summed E-state index contributed by atoms with van der Waals surface area (Å²) in [4.78, 5) is 13.7. The van der Waals surface area contributed by atoms with Crippen LogP contribution in [0.4, 0.5) is 0 Å². The molecule has 2 N–H and O–H groups in total. The third-order valence-corrected chi connectivity index (χ3v) is 5.96. The molecule has 1 unspecified atom stereocenters. The highest BCUT2D eigenvalue weighted by Gasteiger charge is 2.40. The maximum Gasteiger partial charge on any atom is 0.224 e. The summed E-state index contributed by atoms with van der Waals surface area (Å²) in [5.41, 5.74) is 0. The van der Waals surface area contributed by atoms with Crippen LogP contribution in [0.25, 0.3) is 0 Å². The molecule has 6 heteroatoms. The molecule has 2 rings (SSSR count). The molecule has 0 spiro atoms. The molecule has 1 saturated carbocycles. The minimum absolute atomic E-state index is 0.0491. The lowest BCUT2D eigenvalue weighted by Crippen LogP contribution is -2.41. The van der Waals surface area contributed by atoms with Crippen molar-refractivity contribution < 1.29 is 13.2 Å². The number of hydrogen-bond acceptors (Lipinski definition) is 3. The van der Waals surface area contributed by atoms with E-state index in [-0.39, 0.29) is 24.9 Å². The summed E-state index contributed by atoms with van der Waals surface area (Å²) in [7, 11) is -3.59. The summed E-state index contributed by atoms with van der Waals surface area (Å²) >= 11 is 0. The molecule has 0 aromatic heterocycles. The molecular formula is C13H24N2O3S. The second-order valence-electron chi connectivity index (χ2n) is 6.27. The Morgan fingerprint density at radius 1 is 1.21 bits per heavy atom. The molecule has 1 aliphatic heterocycles. The van der Waals surface area contributed by atoms with Crippen molar-refractivity contribution in [2.45, 2.75) is 57.2 Å². The van der Waals surface area contributed by atoms with Gasteiger partial charge in [-0.25, -0.2) is 13.6 Å². The Balaban J connectivity index is 1.95. The molecule has 0 aromatic carbocycles. The zero-order valence-electron chi connectivity index (χ0n) is 11.7. The quantitative estimate of drug-likeness (QED) is 0.844. The van der Waals surface area contributed by atoms with Gasteiger partial charge in [0.05, 0.1) is 0 Å². The molecule has 1 atom stereocenters. The zero-order chi connectivity index (χ0) is 14.2. The monoisotopic (exact) mass is 288 g/mol. The van der Waals surface area contributed by atoms with Gasteiger partial charge in [0.1, 0.15) is 5.25 Å². The van der Waals surface area contributed by atoms with Gasteiger partial charge in [0.2, 0.25) is 15.9 Å². The van der Waals surface area contributed by atoms with Crippen LogP contribution >= 0.6 is 0 Å². The molecule has 0 bridgehead atoms. The van der Waals surface area contributed by atoms with Crippen molar-refractivity contribution in [1.82, 2.24) is 4.90 Å². The summed E-state index contributed by atoms with van der Waals surface area (Å²) in [6, 6.07) is 0.217. The number of carbonyl (C=O) groups is 1. The SMILES string of the molecule is CC(C)C1CCC(N2CC(S(N)(=O)=O)CC2=O)CC1. The maximum atomic E-state index is 12.0. The summed E-state index contributed by atoms with van der Waals surface area (Å²) in [6.45, 7) is 4.76. The van der Waals surface area contributed by atoms with Crippen molar-refractivity contribution in [2.75, 3.05) is 6.54 Å². The maximum absolute atomic E-state index is 12.0. The van der Waals surface area contributed by atoms with E-state index < -0.39 is 15.3 Å². The third kappa shape index (κ3) is 3.28. The van der Waals surface area contributed by atoms with Crippen molar-refractivity contribution in [3.05, 3.63) is 0 Å². The van der Waals surface area contributed by atoms with Gasteiger partial charge < -0.3 is 4.90 Å². The van der Waals surface area contributed by atoms with Crippen molar-refractivity contribution in [3.63, 3.8) is 0 Å². The van der Waals surface area contributed by atoms with Gasteiger partial charge in [-0.2, -0.15) is 0 Å². The fourth-order valence-corrected chi connectivity index (χ4v) is 4.09. The van der Waals surface area contributed by atoms with Gasteiger partial charge in [-0.15, -0.1) is 0 Å². The van der Waals surface area contributed by atoms with Crippen LogP contribution in [0.2, 0.25) is 0 Å². The van der Waals surface area contributed by atoms with Gasteiger partial charge in [-0.3, -0.25) is 4.79 Å². The molecule has 2 aliphatic rings. The van der Waals surface area contributed by atoms with E-state index in [9.17, 15) is 13.2 Å². The number of hydrogen-bond donors (Lipinski definition) is 1. The normalized spacial score (nSPS) is 33.2. The van der Waals surface area contributed by atoms with E-state index in [4.69, 9.17) is 5.14 Å². The first-order valence-corrected chi connectivity index (χ1v) is 8.71. The molecule has 1 heterocycles. The molecule has 5 nitrogen and oxygen atoms in total. The first-order chi connectivity index (χ1) is 8.79. The summed E-state index contributed by atoms with van der Waals surface area (Å²) in [5, 5.41) is 4.44. The first kappa shape index (κ1) is 14.8. The van der Waals surface area contributed by atoms with Crippen LogP contribution in [-0.4, -0.2) is 37.1 Å². The van der Waals surface area contributed by atoms with Crippen LogP contribution < -0.4 is 5.14 Å². The molecule has 1 saturated heterocycles. The Bertz CT molecular complexity index is 439. The van der Waals surface area contributed by atoms with Crippen LogP contribution in [0.15, 0.2) is 0 Å². The van der Waals surface area contributed by atoms with Crippen molar-refractivity contribution in [1.29, 1.82) is 0 Å². The van der Waals surface area contributed by atoms with Crippen LogP contribution in [0.1, 0.15) is 46.0 Å². The minimum Gasteiger partial charge on any atom is -0.338 e. The van der Waals surface area contributed by atoms with E-state index in [0.29, 0.717) is 5.92 Å². The topological polar surface area (TPSA) is 80.5 Å². The smallest absolute Gasteiger partial charge is 0.224 e. The Morgan fingerprint density at radius 3 is 2.21 bits per heavy atom. The van der Waals surface area contributed by atoms with E-state index in [1.807, 2.05) is 0 Å². The lowest BCUT2D eigenvalue weighted by atomic mass is 9.79. The molecule has 2 fully saturated rings. The predicted molar refractivity (Wildman–Crippen MR) is 73.8 cm³/mol. The summed E-state index contributed by atoms with van der Waals surface area (Å²) < 4.78 is 22.7. The van der Waals surface area contributed by atoms with Gasteiger partial charge in [0.25, 0.3) is 0 Å². The number of sulfonamides is 1. The van der Waals surface area contributed by atoms with Gasteiger partial charge in [-0.05, 0) is 37.5 Å². The minimum atomic E-state index is -3.59. The fourth-order valence-electron chi connectivity index (χ4n) is 3.35. The van der Waals surface area contributed by atoms with Crippen LogP contribution in [-0.2, 0) is 14.8 Å². The van der Waals surface area contributed by atoms with Gasteiger partial charge in [0.15, 0.2) is 0 Å². The molecule has 0 radical (unpaired) electrons. The third-order valence-electron chi connectivity index (χ3n) is 4.71. The molecule has 19 heavy (non-hydrogen) atoms. The van der Waals surface area contributed by atoms with E-state index >= 15 is 0 Å². The van der Waals surface area contributed by atoms with Gasteiger partial charge in [-0.1, -0.05) is 13.8 Å². The van der Waals surface area contributed by atoms with Crippen molar-refractivity contribution in [2.24, 2.45) is 17.0 Å². The Kier molecular flexibility index (Phi) is 4.20. The second-order valence-corrected chi connectivity index (χ2v) is 8.12. The highest BCUT2D eigenvalue weighted by Crippen LogP contribution is 2.34. The number of likely N-dealkylation sites (tertiary alicyclic amines) is 1. The predicted octanol–water partition coefficient (Wildman–Crippen LogP) is 1.09. The summed E-state index contributed by atoms with van der Waals surface area (Å²) in [5.74, 6) is 1.38. The average molecular weight is 288 g/mol. The standard InChI is InChI=1S/C13H24N2O3S/c1-9(2)10-3-5-11(6-4-10)15-8-12(7-13(15)16)19(14,17)18/h9-12H,3-8H2,1-2H3,(H2,14,17,18). The molecule has 110 valence electrons. The molecule has 0 aromatic rings. The van der Waals surface area contributed by atoms with Gasteiger partial charge in [0, 0.05) is 19.0 Å². The number of nitrogens with zero attached hydrogens (tertiary/aromatic N) is 1. The van der Waals surface area contributed by atoms with Crippen molar-refractivity contribution in [3.8, 4) is 0 Å². The Labute approximate surface area is 115 Å². The molecular weight excluding hydrogens is 264 g/mol. The van der Waals surface area contributed by atoms with E-state index in [2.05, 4.69) is 13.8 Å². The van der Waals surface area contributed by atoms with E-state index in [0.717, 1.165) is 31.6 Å².